The number of aromatic nitrogens is 2. The maximum atomic E-state index is 12.7. The van der Waals surface area contributed by atoms with Gasteiger partial charge in [0.05, 0.1) is 12.0 Å². The predicted octanol–water partition coefficient (Wildman–Crippen LogP) is 3.67. The Kier molecular flexibility index (Phi) is 5.42. The minimum absolute atomic E-state index is 0.0611. The quantitative estimate of drug-likeness (QED) is 0.468. The van der Waals surface area contributed by atoms with Gasteiger partial charge in [0.1, 0.15) is 5.75 Å². The summed E-state index contributed by atoms with van der Waals surface area (Å²) in [5, 5.41) is 15.0. The molecule has 3 aromatic rings. The summed E-state index contributed by atoms with van der Waals surface area (Å²) in [6, 6.07) is 13.2. The van der Waals surface area contributed by atoms with Crippen molar-refractivity contribution in [2.75, 3.05) is 20.2 Å². The van der Waals surface area contributed by atoms with E-state index in [-0.39, 0.29) is 17.5 Å². The Labute approximate surface area is 172 Å². The van der Waals surface area contributed by atoms with Gasteiger partial charge in [-0.2, -0.15) is 4.98 Å². The predicted molar refractivity (Wildman–Crippen MR) is 107 cm³/mol. The molecule has 9 nitrogen and oxygen atoms in total. The zero-order valence-corrected chi connectivity index (χ0v) is 16.4. The Balaban J connectivity index is 1.41. The highest BCUT2D eigenvalue weighted by atomic mass is 16.6. The fourth-order valence-corrected chi connectivity index (χ4v) is 3.55. The molecule has 1 saturated heterocycles. The molecule has 1 amide bonds. The molecule has 1 aliphatic rings. The van der Waals surface area contributed by atoms with E-state index in [0.29, 0.717) is 49.0 Å². The molecule has 0 spiro atoms. The largest absolute Gasteiger partial charge is 0.497 e. The molecular weight excluding hydrogens is 388 g/mol. The maximum Gasteiger partial charge on any atom is 0.270 e. The average Bonchev–Trinajstić information content (AvgIpc) is 3.29. The molecule has 0 N–H and O–H groups in total. The first-order valence-corrected chi connectivity index (χ1v) is 9.57. The van der Waals surface area contributed by atoms with E-state index in [4.69, 9.17) is 9.26 Å². The number of likely N-dealkylation sites (tertiary alicyclic amines) is 1. The summed E-state index contributed by atoms with van der Waals surface area (Å²) in [6.45, 7) is 1.03. The molecule has 1 fully saturated rings. The number of piperidine rings is 1. The summed E-state index contributed by atoms with van der Waals surface area (Å²) < 4.78 is 10.7. The van der Waals surface area contributed by atoms with Gasteiger partial charge in [-0.15, -0.1) is 0 Å². The lowest BCUT2D eigenvalue weighted by atomic mass is 9.96. The van der Waals surface area contributed by atoms with Gasteiger partial charge in [-0.25, -0.2) is 0 Å². The Bertz CT molecular complexity index is 1070. The Morgan fingerprint density at radius 1 is 1.20 bits per heavy atom. The average molecular weight is 408 g/mol. The van der Waals surface area contributed by atoms with Crippen LogP contribution in [0.2, 0.25) is 0 Å². The molecule has 0 aliphatic carbocycles. The molecular formula is C21H20N4O5. The van der Waals surface area contributed by atoms with Crippen molar-refractivity contribution in [3.63, 3.8) is 0 Å². The van der Waals surface area contributed by atoms with E-state index in [0.717, 1.165) is 5.56 Å². The van der Waals surface area contributed by atoms with Crippen LogP contribution in [0.25, 0.3) is 11.4 Å². The summed E-state index contributed by atoms with van der Waals surface area (Å²) >= 11 is 0. The highest BCUT2D eigenvalue weighted by Gasteiger charge is 2.28. The van der Waals surface area contributed by atoms with Crippen LogP contribution in [0.15, 0.2) is 53.1 Å². The van der Waals surface area contributed by atoms with Crippen molar-refractivity contribution < 1.29 is 19.0 Å². The van der Waals surface area contributed by atoms with E-state index < -0.39 is 4.92 Å². The number of rotatable bonds is 5. The molecule has 0 saturated carbocycles. The van der Waals surface area contributed by atoms with Gasteiger partial charge in [0.2, 0.25) is 11.7 Å². The Morgan fingerprint density at radius 3 is 2.70 bits per heavy atom. The smallest absolute Gasteiger partial charge is 0.270 e. The molecule has 0 atom stereocenters. The Hall–Kier alpha value is -3.75. The van der Waals surface area contributed by atoms with Gasteiger partial charge in [0.15, 0.2) is 0 Å². The van der Waals surface area contributed by atoms with Gasteiger partial charge in [-0.1, -0.05) is 23.4 Å². The van der Waals surface area contributed by atoms with Crippen molar-refractivity contribution in [3.8, 4) is 17.1 Å². The van der Waals surface area contributed by atoms with Gasteiger partial charge >= 0.3 is 0 Å². The van der Waals surface area contributed by atoms with Crippen molar-refractivity contribution >= 4 is 11.6 Å². The second-order valence-electron chi connectivity index (χ2n) is 7.06. The molecule has 2 aromatic carbocycles. The first kappa shape index (κ1) is 19.6. The zero-order chi connectivity index (χ0) is 21.1. The van der Waals surface area contributed by atoms with Crippen LogP contribution in [0.5, 0.6) is 5.75 Å². The minimum Gasteiger partial charge on any atom is -0.497 e. The molecule has 30 heavy (non-hydrogen) atoms. The Morgan fingerprint density at radius 2 is 1.97 bits per heavy atom. The molecule has 1 aromatic heterocycles. The molecule has 9 heteroatoms. The van der Waals surface area contributed by atoms with Gasteiger partial charge in [-0.05, 0) is 31.0 Å². The van der Waals surface area contributed by atoms with Gasteiger partial charge in [0.25, 0.3) is 11.6 Å². The van der Waals surface area contributed by atoms with Crippen LogP contribution in [-0.2, 0) is 0 Å². The number of hydrogen-bond acceptors (Lipinski definition) is 7. The third-order valence-corrected chi connectivity index (χ3v) is 5.21. The molecule has 2 heterocycles. The highest BCUT2D eigenvalue weighted by molar-refractivity contribution is 5.94. The van der Waals surface area contributed by atoms with Crippen molar-refractivity contribution in [1.29, 1.82) is 0 Å². The van der Waals surface area contributed by atoms with Crippen LogP contribution in [0.1, 0.15) is 35.0 Å². The van der Waals surface area contributed by atoms with Crippen LogP contribution in [0.3, 0.4) is 0 Å². The van der Waals surface area contributed by atoms with E-state index in [1.54, 1.807) is 18.1 Å². The van der Waals surface area contributed by atoms with Crippen LogP contribution < -0.4 is 4.74 Å². The van der Waals surface area contributed by atoms with Crippen molar-refractivity contribution in [2.45, 2.75) is 18.8 Å². The van der Waals surface area contributed by atoms with Crippen LogP contribution in [0, 0.1) is 10.1 Å². The van der Waals surface area contributed by atoms with Crippen molar-refractivity contribution in [1.82, 2.24) is 15.0 Å². The monoisotopic (exact) mass is 408 g/mol. The highest BCUT2D eigenvalue weighted by Crippen LogP contribution is 2.30. The van der Waals surface area contributed by atoms with Gasteiger partial charge < -0.3 is 14.2 Å². The molecule has 4 rings (SSSR count). The van der Waals surface area contributed by atoms with E-state index in [1.165, 1.54) is 18.2 Å². The fourth-order valence-electron chi connectivity index (χ4n) is 3.55. The number of carbonyl (C=O) groups excluding carboxylic acids is 1. The summed E-state index contributed by atoms with van der Waals surface area (Å²) in [7, 11) is 1.60. The number of hydrogen-bond donors (Lipinski definition) is 0. The number of nitro groups is 1. The van der Waals surface area contributed by atoms with Gasteiger partial charge in [-0.3, -0.25) is 14.9 Å². The number of methoxy groups -OCH3 is 1. The first-order chi connectivity index (χ1) is 14.5. The lowest BCUT2D eigenvalue weighted by Gasteiger charge is -2.30. The molecule has 1 aliphatic heterocycles. The van der Waals surface area contributed by atoms with E-state index >= 15 is 0 Å². The second kappa shape index (κ2) is 8.32. The standard InChI is InChI=1S/C21H20N4O5/c1-29-18-7-3-4-15(13-18)19-22-20(30-23-19)14-8-10-24(11-9-14)21(26)16-5-2-6-17(12-16)25(27)28/h2-7,12-14H,8-11H2,1H3. The molecule has 154 valence electrons. The summed E-state index contributed by atoms with van der Waals surface area (Å²) in [4.78, 5) is 29.4. The number of amides is 1. The minimum atomic E-state index is -0.501. The van der Waals surface area contributed by atoms with Crippen molar-refractivity contribution in [3.05, 3.63) is 70.1 Å². The molecule has 0 radical (unpaired) electrons. The number of benzene rings is 2. The van der Waals surface area contributed by atoms with Crippen molar-refractivity contribution in [2.24, 2.45) is 0 Å². The topological polar surface area (TPSA) is 112 Å². The second-order valence-corrected chi connectivity index (χ2v) is 7.06. The molecule has 0 unspecified atom stereocenters. The summed E-state index contributed by atoms with van der Waals surface area (Å²) in [6.07, 6.45) is 1.36. The number of ether oxygens (including phenoxy) is 1. The lowest BCUT2D eigenvalue weighted by Crippen LogP contribution is -2.38. The SMILES string of the molecule is COc1cccc(-c2noc(C3CCN(C(=O)c4cccc([N+](=O)[O-])c4)CC3)n2)c1. The first-order valence-electron chi connectivity index (χ1n) is 9.57. The van der Waals surface area contributed by atoms with E-state index in [9.17, 15) is 14.9 Å². The van der Waals surface area contributed by atoms with E-state index in [1.807, 2.05) is 24.3 Å². The number of non-ortho nitro benzene ring substituents is 1. The summed E-state index contributed by atoms with van der Waals surface area (Å²) in [5.41, 5.74) is 1.04. The van der Waals surface area contributed by atoms with Crippen LogP contribution in [-0.4, -0.2) is 46.1 Å². The van der Waals surface area contributed by atoms with E-state index in [2.05, 4.69) is 10.1 Å². The lowest BCUT2D eigenvalue weighted by molar-refractivity contribution is -0.384. The fraction of sp³-hybridized carbons (Fsp3) is 0.286. The summed E-state index contributed by atoms with van der Waals surface area (Å²) in [5.74, 6) is 1.62. The maximum absolute atomic E-state index is 12.7. The third kappa shape index (κ3) is 4.00. The number of nitro benzene ring substituents is 1. The normalized spacial score (nSPS) is 14.5. The van der Waals surface area contributed by atoms with Crippen LogP contribution >= 0.6 is 0 Å². The van der Waals surface area contributed by atoms with Gasteiger partial charge in [0, 0.05) is 42.3 Å². The third-order valence-electron chi connectivity index (χ3n) is 5.21. The molecule has 0 bridgehead atoms. The number of nitrogens with zero attached hydrogens (tertiary/aromatic N) is 4. The van der Waals surface area contributed by atoms with Crippen LogP contribution in [0.4, 0.5) is 5.69 Å². The number of carbonyl (C=O) groups is 1. The zero-order valence-electron chi connectivity index (χ0n) is 16.4.